The molecule has 0 amide bonds. The number of aromatic carboxylic acids is 1. The predicted molar refractivity (Wildman–Crippen MR) is 95.9 cm³/mol. The third kappa shape index (κ3) is 4.16. The van der Waals surface area contributed by atoms with Crippen LogP contribution in [0.2, 0.25) is 0 Å². The van der Waals surface area contributed by atoms with E-state index in [1.807, 2.05) is 30.4 Å². The molecule has 2 rings (SSSR count). The van der Waals surface area contributed by atoms with Crippen LogP contribution >= 0.6 is 0 Å². The molecule has 0 fully saturated rings. The van der Waals surface area contributed by atoms with Gasteiger partial charge in [0.2, 0.25) is 0 Å². The fourth-order valence-electron chi connectivity index (χ4n) is 2.57. The van der Waals surface area contributed by atoms with Crippen LogP contribution in [0.4, 0.5) is 0 Å². The van der Waals surface area contributed by atoms with Gasteiger partial charge in [-0.2, -0.15) is 0 Å². The average Bonchev–Trinajstić information content (AvgIpc) is 2.60. The maximum Gasteiger partial charge on any atom is 0.335 e. The summed E-state index contributed by atoms with van der Waals surface area (Å²) in [7, 11) is 3.27. The molecule has 0 aliphatic rings. The lowest BCUT2D eigenvalue weighted by atomic mass is 10.00. The molecule has 0 heterocycles. The Morgan fingerprint density at radius 1 is 1.12 bits per heavy atom. The van der Waals surface area contributed by atoms with Crippen molar-refractivity contribution in [1.82, 2.24) is 0 Å². The van der Waals surface area contributed by atoms with E-state index in [0.717, 1.165) is 41.0 Å². The van der Waals surface area contributed by atoms with Gasteiger partial charge in [0.25, 0.3) is 0 Å². The number of hydrogen-bond donors (Lipinski definition) is 1. The Hall–Kier alpha value is -2.75. The van der Waals surface area contributed by atoms with E-state index >= 15 is 0 Å². The van der Waals surface area contributed by atoms with Crippen molar-refractivity contribution in [2.45, 2.75) is 19.8 Å². The zero-order valence-electron chi connectivity index (χ0n) is 14.2. The first-order valence-electron chi connectivity index (χ1n) is 7.85. The van der Waals surface area contributed by atoms with Crippen molar-refractivity contribution in [2.75, 3.05) is 14.2 Å². The highest BCUT2D eigenvalue weighted by atomic mass is 16.5. The first kappa shape index (κ1) is 17.6. The molecule has 1 N–H and O–H groups in total. The van der Waals surface area contributed by atoms with Crippen LogP contribution in [0.25, 0.3) is 12.2 Å². The van der Waals surface area contributed by atoms with E-state index in [1.54, 1.807) is 32.4 Å². The van der Waals surface area contributed by atoms with Crippen molar-refractivity contribution in [1.29, 1.82) is 0 Å². The van der Waals surface area contributed by atoms with Crippen LogP contribution < -0.4 is 9.47 Å². The summed E-state index contributed by atoms with van der Waals surface area (Å²) in [5.41, 5.74) is 3.23. The highest BCUT2D eigenvalue weighted by Gasteiger charge is 2.10. The van der Waals surface area contributed by atoms with Crippen LogP contribution in [-0.4, -0.2) is 25.3 Å². The molecular weight excluding hydrogens is 304 g/mol. The smallest absolute Gasteiger partial charge is 0.335 e. The van der Waals surface area contributed by atoms with E-state index < -0.39 is 5.97 Å². The number of rotatable bonds is 7. The summed E-state index contributed by atoms with van der Waals surface area (Å²) in [6, 6.07) is 10.7. The quantitative estimate of drug-likeness (QED) is 0.760. The van der Waals surface area contributed by atoms with Crippen molar-refractivity contribution in [3.05, 3.63) is 58.7 Å². The Bertz CT molecular complexity index is 747. The molecular formula is C20H22O4. The lowest BCUT2D eigenvalue weighted by Gasteiger charge is -2.13. The zero-order chi connectivity index (χ0) is 17.5. The Kier molecular flexibility index (Phi) is 6.01. The largest absolute Gasteiger partial charge is 0.497 e. The molecule has 0 aromatic heterocycles. The van der Waals surface area contributed by atoms with Crippen molar-refractivity contribution >= 4 is 18.1 Å². The second-order valence-corrected chi connectivity index (χ2v) is 5.41. The van der Waals surface area contributed by atoms with Crippen LogP contribution in [0, 0.1) is 0 Å². The SMILES string of the molecule is CCCc1c(C=Cc2cccc(C(=O)O)c2)cc(OC)cc1OC. The number of carbonyl (C=O) groups is 1. The Balaban J connectivity index is 2.43. The van der Waals surface area contributed by atoms with Crippen LogP contribution in [0.5, 0.6) is 11.5 Å². The normalized spacial score (nSPS) is 10.8. The van der Waals surface area contributed by atoms with Gasteiger partial charge in [-0.1, -0.05) is 37.6 Å². The third-order valence-electron chi connectivity index (χ3n) is 3.76. The van der Waals surface area contributed by atoms with Crippen molar-refractivity contribution in [3.63, 3.8) is 0 Å². The van der Waals surface area contributed by atoms with Gasteiger partial charge >= 0.3 is 5.97 Å². The molecule has 4 nitrogen and oxygen atoms in total. The average molecular weight is 326 g/mol. The molecule has 2 aromatic carbocycles. The second kappa shape index (κ2) is 8.20. The van der Waals surface area contributed by atoms with E-state index in [4.69, 9.17) is 14.6 Å². The highest BCUT2D eigenvalue weighted by molar-refractivity contribution is 5.88. The molecule has 0 aliphatic heterocycles. The van der Waals surface area contributed by atoms with Crippen LogP contribution in [-0.2, 0) is 6.42 Å². The molecule has 0 aliphatic carbocycles. The number of hydrogen-bond acceptors (Lipinski definition) is 3. The van der Waals surface area contributed by atoms with Crippen LogP contribution in [0.3, 0.4) is 0 Å². The van der Waals surface area contributed by atoms with E-state index in [1.165, 1.54) is 0 Å². The fourth-order valence-corrected chi connectivity index (χ4v) is 2.57. The number of carboxylic acids is 1. The number of benzene rings is 2. The zero-order valence-corrected chi connectivity index (χ0v) is 14.2. The second-order valence-electron chi connectivity index (χ2n) is 5.41. The molecule has 126 valence electrons. The van der Waals surface area contributed by atoms with Crippen molar-refractivity contribution in [3.8, 4) is 11.5 Å². The molecule has 24 heavy (non-hydrogen) atoms. The summed E-state index contributed by atoms with van der Waals surface area (Å²) in [5.74, 6) is 0.598. The lowest BCUT2D eigenvalue weighted by Crippen LogP contribution is -1.97. The van der Waals surface area contributed by atoms with Gasteiger partial charge in [0.05, 0.1) is 19.8 Å². The minimum atomic E-state index is -0.931. The minimum Gasteiger partial charge on any atom is -0.497 e. The summed E-state index contributed by atoms with van der Waals surface area (Å²) in [6.45, 7) is 2.12. The van der Waals surface area contributed by atoms with Gasteiger partial charge in [0.15, 0.2) is 0 Å². The summed E-state index contributed by atoms with van der Waals surface area (Å²) >= 11 is 0. The van der Waals surface area contributed by atoms with E-state index in [-0.39, 0.29) is 5.56 Å². The topological polar surface area (TPSA) is 55.8 Å². The maximum absolute atomic E-state index is 11.1. The van der Waals surface area contributed by atoms with Gasteiger partial charge in [-0.3, -0.25) is 0 Å². The molecule has 2 aromatic rings. The fraction of sp³-hybridized carbons (Fsp3) is 0.250. The van der Waals surface area contributed by atoms with Gasteiger partial charge in [-0.25, -0.2) is 4.79 Å². The summed E-state index contributed by atoms with van der Waals surface area (Å²) < 4.78 is 10.8. The molecule has 0 saturated heterocycles. The molecule has 4 heteroatoms. The van der Waals surface area contributed by atoms with Crippen molar-refractivity contribution in [2.24, 2.45) is 0 Å². The predicted octanol–water partition coefficient (Wildman–Crippen LogP) is 4.52. The Morgan fingerprint density at radius 3 is 2.54 bits per heavy atom. The number of ether oxygens (including phenoxy) is 2. The monoisotopic (exact) mass is 326 g/mol. The van der Waals surface area contributed by atoms with Gasteiger partial charge in [-0.05, 0) is 35.7 Å². The van der Waals surface area contributed by atoms with E-state index in [9.17, 15) is 4.79 Å². The van der Waals surface area contributed by atoms with Gasteiger partial charge in [0, 0.05) is 11.6 Å². The number of methoxy groups -OCH3 is 2. The van der Waals surface area contributed by atoms with Crippen molar-refractivity contribution < 1.29 is 19.4 Å². The molecule has 0 saturated carbocycles. The summed E-state index contributed by atoms with van der Waals surface area (Å²) in [5, 5.41) is 9.09. The molecule has 0 spiro atoms. The Morgan fingerprint density at radius 2 is 1.92 bits per heavy atom. The first-order valence-corrected chi connectivity index (χ1v) is 7.85. The van der Waals surface area contributed by atoms with E-state index in [0.29, 0.717) is 0 Å². The van der Waals surface area contributed by atoms with Crippen LogP contribution in [0.1, 0.15) is 40.4 Å². The summed E-state index contributed by atoms with van der Waals surface area (Å²) in [4.78, 5) is 11.1. The van der Waals surface area contributed by atoms with Crippen LogP contribution in [0.15, 0.2) is 36.4 Å². The molecule has 0 unspecified atom stereocenters. The minimum absolute atomic E-state index is 0.272. The van der Waals surface area contributed by atoms with E-state index in [2.05, 4.69) is 6.92 Å². The highest BCUT2D eigenvalue weighted by Crippen LogP contribution is 2.31. The first-order chi connectivity index (χ1) is 11.6. The van der Waals surface area contributed by atoms with Gasteiger partial charge in [0.1, 0.15) is 11.5 Å². The summed E-state index contributed by atoms with van der Waals surface area (Å²) in [6.07, 6.45) is 5.76. The van der Waals surface area contributed by atoms with Gasteiger partial charge in [-0.15, -0.1) is 0 Å². The third-order valence-corrected chi connectivity index (χ3v) is 3.76. The number of carboxylic acid groups (broad SMARTS) is 1. The Labute approximate surface area is 142 Å². The maximum atomic E-state index is 11.1. The molecule has 0 bridgehead atoms. The lowest BCUT2D eigenvalue weighted by molar-refractivity contribution is 0.0697. The van der Waals surface area contributed by atoms with Gasteiger partial charge < -0.3 is 14.6 Å². The molecule has 0 atom stereocenters. The molecule has 0 radical (unpaired) electrons. The standard InChI is InChI=1S/C20H22O4/c1-4-6-18-15(12-17(23-2)13-19(18)24-3)10-9-14-7-5-8-16(11-14)20(21)22/h5,7-13H,4,6H2,1-3H3,(H,21,22).